The van der Waals surface area contributed by atoms with Crippen molar-refractivity contribution in [3.63, 3.8) is 0 Å². The van der Waals surface area contributed by atoms with Crippen molar-refractivity contribution < 1.29 is 32.3 Å². The SMILES string of the molecule is COC(=O)[C@H](C)N1C(=O)S/C(=C/c2ccc(C(F)(F)F)cc2)C1=O. The van der Waals surface area contributed by atoms with Gasteiger partial charge in [-0.3, -0.25) is 14.5 Å². The normalized spacial score (nSPS) is 18.2. The van der Waals surface area contributed by atoms with Crippen molar-refractivity contribution in [2.45, 2.75) is 19.1 Å². The predicted octanol–water partition coefficient (Wildman–Crippen LogP) is 3.30. The largest absolute Gasteiger partial charge is 0.467 e. The van der Waals surface area contributed by atoms with Gasteiger partial charge in [0.05, 0.1) is 17.6 Å². The van der Waals surface area contributed by atoms with Gasteiger partial charge >= 0.3 is 12.1 Å². The van der Waals surface area contributed by atoms with E-state index in [4.69, 9.17) is 0 Å². The van der Waals surface area contributed by atoms with Gasteiger partial charge in [0, 0.05) is 0 Å². The number of carbonyl (C=O) groups excluding carboxylic acids is 3. The summed E-state index contributed by atoms with van der Waals surface area (Å²) in [5.41, 5.74) is -0.480. The Morgan fingerprint density at radius 1 is 1.25 bits per heavy atom. The molecule has 0 spiro atoms. The van der Waals surface area contributed by atoms with Crippen molar-refractivity contribution in [2.24, 2.45) is 0 Å². The van der Waals surface area contributed by atoms with Crippen LogP contribution in [0.25, 0.3) is 6.08 Å². The van der Waals surface area contributed by atoms with Gasteiger partial charge in [0.1, 0.15) is 6.04 Å². The van der Waals surface area contributed by atoms with Crippen molar-refractivity contribution >= 4 is 35.0 Å². The number of rotatable bonds is 3. The van der Waals surface area contributed by atoms with Crippen LogP contribution in [0.4, 0.5) is 18.0 Å². The fourth-order valence-electron chi connectivity index (χ4n) is 2.01. The van der Waals surface area contributed by atoms with Crippen molar-refractivity contribution in [2.75, 3.05) is 7.11 Å². The molecule has 1 aromatic carbocycles. The van der Waals surface area contributed by atoms with Gasteiger partial charge in [0.25, 0.3) is 11.1 Å². The minimum atomic E-state index is -4.45. The molecule has 1 atom stereocenters. The molecule has 0 radical (unpaired) electrons. The second kappa shape index (κ2) is 6.68. The number of hydrogen-bond acceptors (Lipinski definition) is 5. The number of hydrogen-bond donors (Lipinski definition) is 0. The molecular weight excluding hydrogens is 347 g/mol. The van der Waals surface area contributed by atoms with Crippen LogP contribution >= 0.6 is 11.8 Å². The van der Waals surface area contributed by atoms with Crippen LogP contribution < -0.4 is 0 Å². The van der Waals surface area contributed by atoms with E-state index in [9.17, 15) is 27.6 Å². The number of methoxy groups -OCH3 is 1. The van der Waals surface area contributed by atoms with Crippen LogP contribution in [0.1, 0.15) is 18.1 Å². The lowest BCUT2D eigenvalue weighted by Gasteiger charge is -2.18. The van der Waals surface area contributed by atoms with Crippen LogP contribution in [0.3, 0.4) is 0 Å². The van der Waals surface area contributed by atoms with Gasteiger partial charge in [-0.2, -0.15) is 13.2 Å². The maximum absolute atomic E-state index is 12.5. The highest BCUT2D eigenvalue weighted by Crippen LogP contribution is 2.34. The van der Waals surface area contributed by atoms with Gasteiger partial charge in [-0.1, -0.05) is 12.1 Å². The summed E-state index contributed by atoms with van der Waals surface area (Å²) < 4.78 is 42.1. The zero-order valence-corrected chi connectivity index (χ0v) is 13.4. The van der Waals surface area contributed by atoms with Crippen LogP contribution in [0.2, 0.25) is 0 Å². The molecule has 0 saturated carbocycles. The third-order valence-electron chi connectivity index (χ3n) is 3.29. The first-order chi connectivity index (χ1) is 11.1. The molecule has 24 heavy (non-hydrogen) atoms. The number of halogens is 3. The van der Waals surface area contributed by atoms with E-state index in [1.165, 1.54) is 25.1 Å². The lowest BCUT2D eigenvalue weighted by atomic mass is 10.1. The number of imide groups is 1. The molecule has 1 aromatic rings. The molecule has 2 amide bonds. The fraction of sp³-hybridized carbons (Fsp3) is 0.267. The van der Waals surface area contributed by atoms with E-state index in [1.807, 2.05) is 0 Å². The second-order valence-corrected chi connectivity index (χ2v) is 5.86. The van der Waals surface area contributed by atoms with Crippen LogP contribution in [-0.2, 0) is 20.5 Å². The standard InChI is InChI=1S/C15H12F3NO4S/c1-8(13(21)23-2)19-12(20)11(24-14(19)22)7-9-3-5-10(6-4-9)15(16,17)18/h3-8H,1-2H3/b11-7+/t8-/m0/s1. The number of nitrogens with zero attached hydrogens (tertiary/aromatic N) is 1. The summed E-state index contributed by atoms with van der Waals surface area (Å²) in [5.74, 6) is -1.43. The van der Waals surface area contributed by atoms with E-state index in [0.717, 1.165) is 24.1 Å². The molecule has 0 aliphatic carbocycles. The summed E-state index contributed by atoms with van der Waals surface area (Å²) in [6, 6.07) is 3.07. The molecule has 1 aliphatic rings. The highest BCUT2D eigenvalue weighted by molar-refractivity contribution is 8.18. The predicted molar refractivity (Wildman–Crippen MR) is 80.7 cm³/mol. The van der Waals surface area contributed by atoms with E-state index in [1.54, 1.807) is 0 Å². The number of carbonyl (C=O) groups is 3. The Morgan fingerprint density at radius 2 is 1.83 bits per heavy atom. The Bertz CT molecular complexity index is 712. The zero-order chi connectivity index (χ0) is 18.1. The summed E-state index contributed by atoms with van der Waals surface area (Å²) in [4.78, 5) is 36.4. The Hall–Kier alpha value is -2.29. The topological polar surface area (TPSA) is 63.7 Å². The molecular formula is C15H12F3NO4S. The molecule has 9 heteroatoms. The molecule has 1 aliphatic heterocycles. The molecule has 5 nitrogen and oxygen atoms in total. The fourth-order valence-corrected chi connectivity index (χ4v) is 2.92. The third-order valence-corrected chi connectivity index (χ3v) is 4.17. The molecule has 2 rings (SSSR count). The average Bonchev–Trinajstić information content (AvgIpc) is 2.79. The van der Waals surface area contributed by atoms with Gasteiger partial charge in [0.2, 0.25) is 0 Å². The monoisotopic (exact) mass is 359 g/mol. The first-order valence-electron chi connectivity index (χ1n) is 6.67. The minimum Gasteiger partial charge on any atom is -0.467 e. The van der Waals surface area contributed by atoms with Crippen molar-refractivity contribution in [3.05, 3.63) is 40.3 Å². The first kappa shape index (κ1) is 18.1. The molecule has 128 valence electrons. The van der Waals surface area contributed by atoms with E-state index in [-0.39, 0.29) is 4.91 Å². The number of alkyl halides is 3. The molecule has 1 saturated heterocycles. The van der Waals surface area contributed by atoms with Crippen molar-refractivity contribution in [1.29, 1.82) is 0 Å². The smallest absolute Gasteiger partial charge is 0.416 e. The average molecular weight is 359 g/mol. The molecule has 0 unspecified atom stereocenters. The Labute approximate surface area is 139 Å². The van der Waals surface area contributed by atoms with E-state index in [2.05, 4.69) is 4.74 Å². The third kappa shape index (κ3) is 3.61. The Kier molecular flexibility index (Phi) is 5.02. The molecule has 0 N–H and O–H groups in total. The molecule has 1 fully saturated rings. The van der Waals surface area contributed by atoms with Gasteiger partial charge in [-0.25, -0.2) is 4.79 Å². The molecule has 1 heterocycles. The lowest BCUT2D eigenvalue weighted by molar-refractivity contribution is -0.148. The zero-order valence-electron chi connectivity index (χ0n) is 12.6. The molecule has 0 bridgehead atoms. The number of amides is 2. The quantitative estimate of drug-likeness (QED) is 0.612. The summed E-state index contributed by atoms with van der Waals surface area (Å²) in [7, 11) is 1.13. The van der Waals surface area contributed by atoms with Gasteiger partial charge in [0.15, 0.2) is 0 Å². The van der Waals surface area contributed by atoms with Gasteiger partial charge in [-0.05, 0) is 42.5 Å². The van der Waals surface area contributed by atoms with E-state index < -0.39 is 34.9 Å². The maximum Gasteiger partial charge on any atom is 0.416 e. The maximum atomic E-state index is 12.5. The summed E-state index contributed by atoms with van der Waals surface area (Å²) in [6.07, 6.45) is -3.15. The van der Waals surface area contributed by atoms with Crippen LogP contribution in [0.5, 0.6) is 0 Å². The number of thioether (sulfide) groups is 1. The molecule has 0 aromatic heterocycles. The second-order valence-electron chi connectivity index (χ2n) is 4.87. The number of esters is 1. The lowest BCUT2D eigenvalue weighted by Crippen LogP contribution is -2.42. The highest BCUT2D eigenvalue weighted by atomic mass is 32.2. The van der Waals surface area contributed by atoms with Gasteiger partial charge < -0.3 is 4.74 Å². The van der Waals surface area contributed by atoms with Gasteiger partial charge in [-0.15, -0.1) is 0 Å². The summed E-state index contributed by atoms with van der Waals surface area (Å²) >= 11 is 0.611. The summed E-state index contributed by atoms with van der Waals surface area (Å²) in [6.45, 7) is 1.35. The number of benzene rings is 1. The highest BCUT2D eigenvalue weighted by Gasteiger charge is 2.41. The van der Waals surface area contributed by atoms with Crippen molar-refractivity contribution in [1.82, 2.24) is 4.90 Å². The van der Waals surface area contributed by atoms with E-state index >= 15 is 0 Å². The van der Waals surface area contributed by atoms with Crippen molar-refractivity contribution in [3.8, 4) is 0 Å². The minimum absolute atomic E-state index is 0.0236. The van der Waals surface area contributed by atoms with E-state index in [0.29, 0.717) is 17.3 Å². The number of ether oxygens (including phenoxy) is 1. The first-order valence-corrected chi connectivity index (χ1v) is 7.49. The Balaban J connectivity index is 2.24. The summed E-state index contributed by atoms with van der Waals surface area (Å²) in [5, 5.41) is -0.643. The van der Waals surface area contributed by atoms with Crippen LogP contribution in [0.15, 0.2) is 29.2 Å². The Morgan fingerprint density at radius 3 is 2.33 bits per heavy atom. The van der Waals surface area contributed by atoms with Crippen LogP contribution in [-0.4, -0.2) is 35.2 Å². The van der Waals surface area contributed by atoms with Crippen LogP contribution in [0, 0.1) is 0 Å².